The van der Waals surface area contributed by atoms with Crippen LogP contribution in [-0.2, 0) is 4.79 Å². The number of amides is 1. The van der Waals surface area contributed by atoms with Crippen LogP contribution in [0.1, 0.15) is 5.56 Å². The molecule has 0 bridgehead atoms. The van der Waals surface area contributed by atoms with Crippen molar-refractivity contribution in [3.05, 3.63) is 47.2 Å². The van der Waals surface area contributed by atoms with Crippen LogP contribution in [0.4, 0.5) is 5.69 Å². The van der Waals surface area contributed by atoms with Crippen molar-refractivity contribution in [3.63, 3.8) is 0 Å². The summed E-state index contributed by atoms with van der Waals surface area (Å²) in [5.74, 6) is 0.585. The molecule has 3 aromatic rings. The normalized spacial score (nSPS) is 10.8. The van der Waals surface area contributed by atoms with E-state index in [2.05, 4.69) is 20.4 Å². The number of anilines is 1. The topological polar surface area (TPSA) is 72.2 Å². The van der Waals surface area contributed by atoms with Crippen LogP contribution >= 0.6 is 23.4 Å². The summed E-state index contributed by atoms with van der Waals surface area (Å²) in [7, 11) is 0. The number of carbonyl (C=O) groups is 1. The zero-order valence-corrected chi connectivity index (χ0v) is 13.2. The molecule has 6 nitrogen and oxygen atoms in total. The van der Waals surface area contributed by atoms with Crippen molar-refractivity contribution in [3.8, 4) is 0 Å². The molecule has 8 heteroatoms. The third kappa shape index (κ3) is 3.20. The van der Waals surface area contributed by atoms with Gasteiger partial charge in [-0.25, -0.2) is 9.50 Å². The van der Waals surface area contributed by atoms with Gasteiger partial charge in [-0.1, -0.05) is 29.4 Å². The van der Waals surface area contributed by atoms with E-state index in [4.69, 9.17) is 11.6 Å². The lowest BCUT2D eigenvalue weighted by Gasteiger charge is -2.08. The van der Waals surface area contributed by atoms with Gasteiger partial charge in [-0.2, -0.15) is 4.98 Å². The molecule has 1 amide bonds. The zero-order chi connectivity index (χ0) is 15.5. The molecule has 2 heterocycles. The maximum absolute atomic E-state index is 12.0. The number of halogens is 1. The Morgan fingerprint density at radius 3 is 3.09 bits per heavy atom. The fraction of sp³-hybridized carbons (Fsp3) is 0.143. The molecule has 112 valence electrons. The summed E-state index contributed by atoms with van der Waals surface area (Å²) >= 11 is 7.28. The molecule has 0 unspecified atom stereocenters. The monoisotopic (exact) mass is 333 g/mol. The summed E-state index contributed by atoms with van der Waals surface area (Å²) in [5.41, 5.74) is 1.56. The molecular weight excluding hydrogens is 322 g/mol. The van der Waals surface area contributed by atoms with Crippen molar-refractivity contribution >= 4 is 40.7 Å². The van der Waals surface area contributed by atoms with Gasteiger partial charge >= 0.3 is 0 Å². The Kier molecular flexibility index (Phi) is 4.26. The lowest BCUT2D eigenvalue weighted by Crippen LogP contribution is -2.15. The number of hydrogen-bond donors (Lipinski definition) is 1. The maximum atomic E-state index is 12.0. The lowest BCUT2D eigenvalue weighted by atomic mass is 10.2. The number of benzene rings is 1. The summed E-state index contributed by atoms with van der Waals surface area (Å²) in [6.45, 7) is 1.86. The van der Waals surface area contributed by atoms with E-state index in [0.29, 0.717) is 21.6 Å². The summed E-state index contributed by atoms with van der Waals surface area (Å²) in [6.07, 6.45) is 3.40. The average molecular weight is 334 g/mol. The quantitative estimate of drug-likeness (QED) is 0.743. The Morgan fingerprint density at radius 2 is 2.27 bits per heavy atom. The molecule has 0 aliphatic carbocycles. The summed E-state index contributed by atoms with van der Waals surface area (Å²) in [6, 6.07) is 7.17. The largest absolute Gasteiger partial charge is 0.325 e. The highest BCUT2D eigenvalue weighted by Gasteiger charge is 2.10. The summed E-state index contributed by atoms with van der Waals surface area (Å²) in [5, 5.41) is 8.20. The minimum absolute atomic E-state index is 0.137. The van der Waals surface area contributed by atoms with Gasteiger partial charge in [0.05, 0.1) is 5.75 Å². The fourth-order valence-corrected chi connectivity index (χ4v) is 2.63. The van der Waals surface area contributed by atoms with Crippen molar-refractivity contribution < 1.29 is 4.79 Å². The van der Waals surface area contributed by atoms with Gasteiger partial charge in [0.15, 0.2) is 0 Å². The first-order valence-electron chi connectivity index (χ1n) is 6.48. The molecule has 0 aliphatic heterocycles. The molecule has 0 saturated heterocycles. The molecule has 0 fully saturated rings. The highest BCUT2D eigenvalue weighted by molar-refractivity contribution is 7.99. The number of hydrogen-bond acceptors (Lipinski definition) is 5. The van der Waals surface area contributed by atoms with Gasteiger partial charge in [-0.05, 0) is 30.7 Å². The molecule has 0 radical (unpaired) electrons. The number of nitrogens with zero attached hydrogens (tertiary/aromatic N) is 4. The van der Waals surface area contributed by atoms with Crippen molar-refractivity contribution in [2.75, 3.05) is 11.1 Å². The van der Waals surface area contributed by atoms with E-state index in [1.807, 2.05) is 13.0 Å². The van der Waals surface area contributed by atoms with E-state index in [1.165, 1.54) is 11.8 Å². The molecule has 22 heavy (non-hydrogen) atoms. The van der Waals surface area contributed by atoms with E-state index < -0.39 is 0 Å². The summed E-state index contributed by atoms with van der Waals surface area (Å²) < 4.78 is 1.57. The third-order valence-electron chi connectivity index (χ3n) is 2.97. The predicted octanol–water partition coefficient (Wildman–Crippen LogP) is 2.82. The molecule has 0 atom stereocenters. The number of fused-ring (bicyclic) bond motifs is 1. The van der Waals surface area contributed by atoms with Crippen LogP contribution < -0.4 is 5.32 Å². The third-order valence-corrected chi connectivity index (χ3v) is 4.22. The van der Waals surface area contributed by atoms with E-state index in [9.17, 15) is 4.79 Å². The highest BCUT2D eigenvalue weighted by atomic mass is 35.5. The van der Waals surface area contributed by atoms with Crippen LogP contribution in [0.25, 0.3) is 5.78 Å². The minimum Gasteiger partial charge on any atom is -0.325 e. The van der Waals surface area contributed by atoms with Crippen LogP contribution in [0.15, 0.2) is 41.8 Å². The van der Waals surface area contributed by atoms with Gasteiger partial charge < -0.3 is 5.32 Å². The van der Waals surface area contributed by atoms with E-state index in [1.54, 1.807) is 35.1 Å². The number of carbonyl (C=O) groups excluding carboxylic acids is 1. The second-order valence-electron chi connectivity index (χ2n) is 4.51. The van der Waals surface area contributed by atoms with Gasteiger partial charge in [0.1, 0.15) is 0 Å². The zero-order valence-electron chi connectivity index (χ0n) is 11.7. The molecule has 2 aromatic heterocycles. The first kappa shape index (κ1) is 14.8. The molecule has 3 rings (SSSR count). The first-order valence-corrected chi connectivity index (χ1v) is 7.85. The molecule has 0 saturated carbocycles. The fourth-order valence-electron chi connectivity index (χ4n) is 1.83. The van der Waals surface area contributed by atoms with E-state index in [-0.39, 0.29) is 11.7 Å². The average Bonchev–Trinajstić information content (AvgIpc) is 2.93. The van der Waals surface area contributed by atoms with Crippen molar-refractivity contribution in [2.24, 2.45) is 0 Å². The molecule has 1 aromatic carbocycles. The van der Waals surface area contributed by atoms with Gasteiger partial charge in [0.2, 0.25) is 11.1 Å². The molecule has 0 aliphatic rings. The van der Waals surface area contributed by atoms with Crippen LogP contribution in [0.2, 0.25) is 5.02 Å². The Balaban J connectivity index is 1.63. The van der Waals surface area contributed by atoms with Crippen LogP contribution in [0.3, 0.4) is 0 Å². The van der Waals surface area contributed by atoms with Crippen LogP contribution in [0.5, 0.6) is 0 Å². The van der Waals surface area contributed by atoms with Crippen molar-refractivity contribution in [1.82, 2.24) is 19.6 Å². The van der Waals surface area contributed by atoms with Gasteiger partial charge in [-0.15, -0.1) is 5.10 Å². The Labute approximate surface area is 135 Å². The van der Waals surface area contributed by atoms with Crippen LogP contribution in [-0.4, -0.2) is 31.2 Å². The van der Waals surface area contributed by atoms with E-state index in [0.717, 1.165) is 5.56 Å². The lowest BCUT2D eigenvalue weighted by molar-refractivity contribution is -0.113. The van der Waals surface area contributed by atoms with Gasteiger partial charge in [-0.3, -0.25) is 4.79 Å². The van der Waals surface area contributed by atoms with Crippen molar-refractivity contribution in [1.29, 1.82) is 0 Å². The number of nitrogens with one attached hydrogen (secondary N) is 1. The molecular formula is C14H12ClN5OS. The number of thioether (sulfide) groups is 1. The maximum Gasteiger partial charge on any atom is 0.253 e. The van der Waals surface area contributed by atoms with Crippen LogP contribution in [0, 0.1) is 6.92 Å². The second-order valence-corrected chi connectivity index (χ2v) is 5.86. The SMILES string of the molecule is Cc1c(Cl)cccc1NC(=O)CSc1nc2ncccn2n1. The molecule has 0 spiro atoms. The Hall–Kier alpha value is -2.12. The van der Waals surface area contributed by atoms with Gasteiger partial charge in [0, 0.05) is 23.1 Å². The van der Waals surface area contributed by atoms with Crippen molar-refractivity contribution in [2.45, 2.75) is 12.1 Å². The van der Waals surface area contributed by atoms with E-state index >= 15 is 0 Å². The second kappa shape index (κ2) is 6.33. The summed E-state index contributed by atoms with van der Waals surface area (Å²) in [4.78, 5) is 20.3. The Bertz CT molecular complexity index is 802. The predicted molar refractivity (Wildman–Crippen MR) is 86.3 cm³/mol. The highest BCUT2D eigenvalue weighted by Crippen LogP contribution is 2.23. The smallest absolute Gasteiger partial charge is 0.253 e. The minimum atomic E-state index is -0.137. The number of aromatic nitrogens is 4. The Morgan fingerprint density at radius 1 is 1.41 bits per heavy atom. The molecule has 1 N–H and O–H groups in total. The first-order chi connectivity index (χ1) is 10.6. The number of rotatable bonds is 4. The standard InChI is InChI=1S/C14H12ClN5OS/c1-9-10(15)4-2-5-11(9)17-12(21)8-22-14-18-13-16-6-3-7-20(13)19-14/h2-7H,8H2,1H3,(H,17,21). The van der Waals surface area contributed by atoms with Gasteiger partial charge in [0.25, 0.3) is 5.78 Å².